The summed E-state index contributed by atoms with van der Waals surface area (Å²) in [5, 5.41) is 11.2. The summed E-state index contributed by atoms with van der Waals surface area (Å²) >= 11 is 0. The molecule has 0 fully saturated rings. The van der Waals surface area contributed by atoms with E-state index in [0.29, 0.717) is 6.07 Å². The van der Waals surface area contributed by atoms with Crippen molar-refractivity contribution in [3.8, 4) is 11.5 Å². The van der Waals surface area contributed by atoms with Gasteiger partial charge in [-0.15, -0.1) is 0 Å². The van der Waals surface area contributed by atoms with E-state index in [-0.39, 0.29) is 24.7 Å². The van der Waals surface area contributed by atoms with Crippen LogP contribution in [0.5, 0.6) is 11.5 Å². The number of hydrogen-bond acceptors (Lipinski definition) is 7. The first-order chi connectivity index (χ1) is 12.9. The monoisotopic (exact) mass is 379 g/mol. The van der Waals surface area contributed by atoms with E-state index in [9.17, 15) is 28.5 Å². The fourth-order valence-corrected chi connectivity index (χ4v) is 2.39. The summed E-state index contributed by atoms with van der Waals surface area (Å²) in [6, 6.07) is 4.34. The summed E-state index contributed by atoms with van der Waals surface area (Å²) in [6.07, 6.45) is 0. The van der Waals surface area contributed by atoms with Crippen LogP contribution in [0.15, 0.2) is 30.3 Å². The van der Waals surface area contributed by atoms with Crippen molar-refractivity contribution in [3.05, 3.63) is 63.2 Å². The fourth-order valence-electron chi connectivity index (χ4n) is 2.39. The lowest BCUT2D eigenvalue weighted by Gasteiger charge is -2.18. The summed E-state index contributed by atoms with van der Waals surface area (Å²) in [4.78, 5) is 34.5. The molecule has 0 saturated carbocycles. The van der Waals surface area contributed by atoms with Crippen LogP contribution in [0, 0.1) is 21.7 Å². The topological polar surface area (TPSA) is 105 Å². The van der Waals surface area contributed by atoms with Gasteiger partial charge in [-0.2, -0.15) is 0 Å². The molecule has 0 aromatic heterocycles. The molecule has 140 valence electrons. The normalized spacial score (nSPS) is 12.4. The summed E-state index contributed by atoms with van der Waals surface area (Å²) in [5.74, 6) is -3.80. The van der Waals surface area contributed by atoms with Crippen molar-refractivity contribution < 1.29 is 37.5 Å². The number of nitro groups is 1. The predicted octanol–water partition coefficient (Wildman–Crippen LogP) is 2.68. The van der Waals surface area contributed by atoms with Crippen LogP contribution in [0.4, 0.5) is 14.5 Å². The third-order valence-electron chi connectivity index (χ3n) is 3.64. The molecule has 0 atom stereocenters. The van der Waals surface area contributed by atoms with E-state index in [4.69, 9.17) is 14.2 Å². The summed E-state index contributed by atoms with van der Waals surface area (Å²) < 4.78 is 41.9. The second-order valence-electron chi connectivity index (χ2n) is 5.39. The maximum Gasteiger partial charge on any atom is 0.345 e. The Morgan fingerprint density at radius 1 is 1.07 bits per heavy atom. The highest BCUT2D eigenvalue weighted by molar-refractivity contribution is 6.00. The predicted molar refractivity (Wildman–Crippen MR) is 85.1 cm³/mol. The molecule has 10 heteroatoms. The molecule has 2 aromatic rings. The fraction of sp³-hybridized carbons (Fsp3) is 0.176. The Hall–Kier alpha value is -3.56. The molecule has 0 N–H and O–H groups in total. The molecule has 0 radical (unpaired) electrons. The number of carbonyl (C=O) groups is 2. The van der Waals surface area contributed by atoms with Gasteiger partial charge in [0.05, 0.1) is 16.6 Å². The number of benzene rings is 2. The Bertz CT molecular complexity index is 945. The third kappa shape index (κ3) is 3.84. The van der Waals surface area contributed by atoms with E-state index in [0.717, 1.165) is 24.3 Å². The average Bonchev–Trinajstić information content (AvgIpc) is 2.66. The number of carbonyl (C=O) groups excluding carboxylic acids is 2. The summed E-state index contributed by atoms with van der Waals surface area (Å²) in [6.45, 7) is -0.539. The number of Topliss-reactive ketones (excluding diaryl/α,β-unsaturated/α-hetero) is 1. The van der Waals surface area contributed by atoms with E-state index < -0.39 is 51.7 Å². The highest BCUT2D eigenvalue weighted by Gasteiger charge is 2.28. The molecule has 27 heavy (non-hydrogen) atoms. The van der Waals surface area contributed by atoms with Crippen LogP contribution in [0.2, 0.25) is 0 Å². The Kier molecular flexibility index (Phi) is 4.97. The Labute approximate surface area is 150 Å². The lowest BCUT2D eigenvalue weighted by Crippen LogP contribution is -2.19. The molecule has 2 aromatic carbocycles. The van der Waals surface area contributed by atoms with Gasteiger partial charge in [0.15, 0.2) is 18.1 Å². The molecule has 0 bridgehead atoms. The van der Waals surface area contributed by atoms with Gasteiger partial charge in [0.2, 0.25) is 5.78 Å². The first-order valence-electron chi connectivity index (χ1n) is 7.60. The number of rotatable bonds is 5. The maximum absolute atomic E-state index is 13.6. The molecule has 1 heterocycles. The zero-order valence-electron chi connectivity index (χ0n) is 13.6. The first kappa shape index (κ1) is 18.2. The lowest BCUT2D eigenvalue weighted by atomic mass is 10.1. The second kappa shape index (κ2) is 7.36. The van der Waals surface area contributed by atoms with E-state index in [1.165, 1.54) is 0 Å². The van der Waals surface area contributed by atoms with Gasteiger partial charge in [-0.25, -0.2) is 13.6 Å². The van der Waals surface area contributed by atoms with E-state index in [2.05, 4.69) is 0 Å². The van der Waals surface area contributed by atoms with Crippen LogP contribution in [0.25, 0.3) is 0 Å². The van der Waals surface area contributed by atoms with Crippen LogP contribution in [0.1, 0.15) is 20.7 Å². The van der Waals surface area contributed by atoms with Crippen LogP contribution in [-0.2, 0) is 4.74 Å². The lowest BCUT2D eigenvalue weighted by molar-refractivity contribution is -0.385. The van der Waals surface area contributed by atoms with Gasteiger partial charge < -0.3 is 14.2 Å². The van der Waals surface area contributed by atoms with Gasteiger partial charge in [-0.1, -0.05) is 0 Å². The zero-order chi connectivity index (χ0) is 19.6. The average molecular weight is 379 g/mol. The van der Waals surface area contributed by atoms with Gasteiger partial charge in [-0.3, -0.25) is 14.9 Å². The maximum atomic E-state index is 13.6. The zero-order valence-corrected chi connectivity index (χ0v) is 13.6. The Morgan fingerprint density at radius 2 is 1.74 bits per heavy atom. The number of ether oxygens (including phenoxy) is 3. The largest absolute Gasteiger partial charge is 0.486 e. The number of esters is 1. The van der Waals surface area contributed by atoms with E-state index in [1.54, 1.807) is 0 Å². The number of fused-ring (bicyclic) bond motifs is 1. The Balaban J connectivity index is 1.80. The minimum absolute atomic E-state index is 0.0995. The molecule has 1 aliphatic rings. The molecule has 3 rings (SSSR count). The van der Waals surface area contributed by atoms with Crippen molar-refractivity contribution in [3.63, 3.8) is 0 Å². The number of nitro benzene ring substituents is 1. The molecule has 0 saturated heterocycles. The minimum atomic E-state index is -1.19. The Morgan fingerprint density at radius 3 is 2.41 bits per heavy atom. The van der Waals surface area contributed by atoms with Crippen molar-refractivity contribution in [2.24, 2.45) is 0 Å². The van der Waals surface area contributed by atoms with Gasteiger partial charge in [0.25, 0.3) is 5.69 Å². The molecule has 0 aliphatic carbocycles. The number of hydrogen-bond donors (Lipinski definition) is 0. The van der Waals surface area contributed by atoms with Crippen LogP contribution in [-0.4, -0.2) is 36.5 Å². The number of halogens is 2. The van der Waals surface area contributed by atoms with Crippen LogP contribution in [0.3, 0.4) is 0 Å². The molecular formula is C17H11F2NO7. The summed E-state index contributed by atoms with van der Waals surface area (Å²) in [5.41, 5.74) is -1.66. The van der Waals surface area contributed by atoms with Gasteiger partial charge in [0, 0.05) is 6.07 Å². The van der Waals surface area contributed by atoms with Gasteiger partial charge in [0.1, 0.15) is 30.4 Å². The van der Waals surface area contributed by atoms with E-state index >= 15 is 0 Å². The smallest absolute Gasteiger partial charge is 0.345 e. The molecular weight excluding hydrogens is 368 g/mol. The quantitative estimate of drug-likeness (QED) is 0.340. The first-order valence-corrected chi connectivity index (χ1v) is 7.60. The molecule has 1 aliphatic heterocycles. The summed E-state index contributed by atoms with van der Waals surface area (Å²) in [7, 11) is 0. The molecule has 0 amide bonds. The number of ketones is 1. The molecule has 0 spiro atoms. The highest BCUT2D eigenvalue weighted by atomic mass is 19.1. The van der Waals surface area contributed by atoms with Crippen molar-refractivity contribution in [2.75, 3.05) is 19.8 Å². The van der Waals surface area contributed by atoms with Crippen molar-refractivity contribution in [1.82, 2.24) is 0 Å². The molecule has 8 nitrogen and oxygen atoms in total. The van der Waals surface area contributed by atoms with E-state index in [1.807, 2.05) is 0 Å². The van der Waals surface area contributed by atoms with Crippen molar-refractivity contribution in [1.29, 1.82) is 0 Å². The SMILES string of the molecule is O=C(COC(=O)c1cc2c(cc1[N+](=O)[O-])OCCO2)c1cc(F)ccc1F. The van der Waals surface area contributed by atoms with Gasteiger partial charge >= 0.3 is 5.97 Å². The minimum Gasteiger partial charge on any atom is -0.486 e. The molecule has 0 unspecified atom stereocenters. The van der Waals surface area contributed by atoms with Crippen molar-refractivity contribution in [2.45, 2.75) is 0 Å². The third-order valence-corrected chi connectivity index (χ3v) is 3.64. The second-order valence-corrected chi connectivity index (χ2v) is 5.39. The standard InChI is InChI=1S/C17H11F2NO7/c18-9-1-2-12(19)10(5-9)14(21)8-27-17(22)11-6-15-16(26-4-3-25-15)7-13(11)20(23)24/h1-2,5-7H,3-4,8H2. The number of nitrogens with zero attached hydrogens (tertiary/aromatic N) is 1. The van der Waals surface area contributed by atoms with Gasteiger partial charge in [-0.05, 0) is 18.2 Å². The van der Waals surface area contributed by atoms with Crippen molar-refractivity contribution >= 4 is 17.4 Å². The van der Waals surface area contributed by atoms with Crippen LogP contribution >= 0.6 is 0 Å². The highest BCUT2D eigenvalue weighted by Crippen LogP contribution is 2.36. The van der Waals surface area contributed by atoms with Crippen LogP contribution < -0.4 is 9.47 Å².